The Labute approximate surface area is 146 Å². The summed E-state index contributed by atoms with van der Waals surface area (Å²) in [6, 6.07) is 14.4. The van der Waals surface area contributed by atoms with E-state index in [0.717, 1.165) is 33.2 Å². The lowest BCUT2D eigenvalue weighted by atomic mass is 9.94. The number of para-hydroxylation sites is 1. The van der Waals surface area contributed by atoms with E-state index >= 15 is 0 Å². The van der Waals surface area contributed by atoms with Gasteiger partial charge in [-0.15, -0.1) is 0 Å². The summed E-state index contributed by atoms with van der Waals surface area (Å²) in [6.45, 7) is 6.31. The molecule has 0 unspecified atom stereocenters. The predicted molar refractivity (Wildman–Crippen MR) is 99.3 cm³/mol. The number of hydrogen-bond acceptors (Lipinski definition) is 2. The fraction of sp³-hybridized carbons (Fsp3) is 0.182. The summed E-state index contributed by atoms with van der Waals surface area (Å²) in [5, 5.41) is 11.6. The van der Waals surface area contributed by atoms with Crippen LogP contribution in [-0.2, 0) is 7.05 Å². The standard InChI is InChI=1S/C22H19N2O/c1-13-10-18(24(4)12-15(13)3)20-14(2)9-16(11-23)22-21(20)17-7-5-6-8-19(17)25-22/h5-10,12H,1-4H3/q+1. The number of aromatic nitrogens is 1. The van der Waals surface area contributed by atoms with Gasteiger partial charge in [-0.3, -0.25) is 0 Å². The summed E-state index contributed by atoms with van der Waals surface area (Å²) in [4.78, 5) is 0. The van der Waals surface area contributed by atoms with E-state index in [4.69, 9.17) is 4.42 Å². The molecule has 0 saturated carbocycles. The van der Waals surface area contributed by atoms with Crippen molar-refractivity contribution in [2.45, 2.75) is 20.8 Å². The van der Waals surface area contributed by atoms with Crippen molar-refractivity contribution in [1.29, 1.82) is 5.26 Å². The van der Waals surface area contributed by atoms with Crippen molar-refractivity contribution in [3.8, 4) is 17.3 Å². The molecule has 2 heterocycles. The average Bonchev–Trinajstić information content (AvgIpc) is 2.97. The summed E-state index contributed by atoms with van der Waals surface area (Å²) in [5.41, 5.74) is 7.90. The van der Waals surface area contributed by atoms with Crippen LogP contribution in [0.25, 0.3) is 33.2 Å². The monoisotopic (exact) mass is 327 g/mol. The van der Waals surface area contributed by atoms with Crippen molar-refractivity contribution in [3.63, 3.8) is 0 Å². The van der Waals surface area contributed by atoms with Crippen LogP contribution in [0.3, 0.4) is 0 Å². The molecule has 25 heavy (non-hydrogen) atoms. The van der Waals surface area contributed by atoms with E-state index in [9.17, 15) is 5.26 Å². The molecule has 2 aromatic carbocycles. The lowest BCUT2D eigenvalue weighted by Gasteiger charge is -2.09. The number of furan rings is 1. The second kappa shape index (κ2) is 5.46. The molecule has 0 aliphatic heterocycles. The fourth-order valence-electron chi connectivity index (χ4n) is 3.58. The van der Waals surface area contributed by atoms with Crippen LogP contribution < -0.4 is 4.57 Å². The van der Waals surface area contributed by atoms with Crippen LogP contribution in [0, 0.1) is 32.1 Å². The van der Waals surface area contributed by atoms with Gasteiger partial charge < -0.3 is 4.42 Å². The van der Waals surface area contributed by atoms with Gasteiger partial charge in [0.2, 0.25) is 5.69 Å². The first kappa shape index (κ1) is 15.4. The minimum Gasteiger partial charge on any atom is -0.455 e. The predicted octanol–water partition coefficient (Wildman–Crippen LogP) is 4.87. The normalized spacial score (nSPS) is 11.2. The van der Waals surface area contributed by atoms with Gasteiger partial charge in [-0.25, -0.2) is 4.57 Å². The molecule has 0 fully saturated rings. The average molecular weight is 327 g/mol. The number of rotatable bonds is 1. The Balaban J connectivity index is 2.24. The maximum atomic E-state index is 9.57. The maximum absolute atomic E-state index is 9.57. The molecule has 122 valence electrons. The van der Waals surface area contributed by atoms with Crippen molar-refractivity contribution in [1.82, 2.24) is 0 Å². The van der Waals surface area contributed by atoms with Gasteiger partial charge in [0.05, 0.1) is 11.1 Å². The molecule has 2 aromatic heterocycles. The van der Waals surface area contributed by atoms with Gasteiger partial charge >= 0.3 is 0 Å². The van der Waals surface area contributed by atoms with E-state index < -0.39 is 0 Å². The van der Waals surface area contributed by atoms with Crippen LogP contribution in [0.1, 0.15) is 22.3 Å². The maximum Gasteiger partial charge on any atom is 0.213 e. The van der Waals surface area contributed by atoms with Crippen LogP contribution in [0.5, 0.6) is 0 Å². The van der Waals surface area contributed by atoms with Crippen LogP contribution >= 0.6 is 0 Å². The number of fused-ring (bicyclic) bond motifs is 3. The summed E-state index contributed by atoms with van der Waals surface area (Å²) in [6.07, 6.45) is 2.15. The minimum atomic E-state index is 0.582. The lowest BCUT2D eigenvalue weighted by molar-refractivity contribution is -0.660. The number of benzene rings is 2. The zero-order valence-corrected chi connectivity index (χ0v) is 14.8. The van der Waals surface area contributed by atoms with E-state index in [-0.39, 0.29) is 0 Å². The van der Waals surface area contributed by atoms with Gasteiger partial charge in [0, 0.05) is 22.4 Å². The van der Waals surface area contributed by atoms with Crippen molar-refractivity contribution in [2.75, 3.05) is 0 Å². The molecule has 4 aromatic rings. The highest BCUT2D eigenvalue weighted by Crippen LogP contribution is 2.39. The van der Waals surface area contributed by atoms with Gasteiger partial charge in [-0.1, -0.05) is 18.2 Å². The number of aryl methyl sites for hydroxylation is 4. The van der Waals surface area contributed by atoms with Crippen LogP contribution in [-0.4, -0.2) is 0 Å². The van der Waals surface area contributed by atoms with Gasteiger partial charge in [0.15, 0.2) is 11.8 Å². The molecule has 3 nitrogen and oxygen atoms in total. The second-order valence-corrected chi connectivity index (χ2v) is 6.67. The number of nitriles is 1. The topological polar surface area (TPSA) is 40.8 Å². The molecule has 0 bridgehead atoms. The van der Waals surface area contributed by atoms with E-state index in [0.29, 0.717) is 11.1 Å². The minimum absolute atomic E-state index is 0.582. The zero-order valence-electron chi connectivity index (χ0n) is 14.8. The molecule has 0 amide bonds. The molecule has 0 atom stereocenters. The number of hydrogen-bond donors (Lipinski definition) is 0. The Kier molecular flexibility index (Phi) is 3.36. The van der Waals surface area contributed by atoms with E-state index in [2.05, 4.69) is 56.8 Å². The van der Waals surface area contributed by atoms with Crippen LogP contribution in [0.15, 0.2) is 47.0 Å². The van der Waals surface area contributed by atoms with E-state index in [1.165, 1.54) is 11.1 Å². The summed E-state index contributed by atoms with van der Waals surface area (Å²) in [5.74, 6) is 0. The molecule has 0 spiro atoms. The third-order valence-electron chi connectivity index (χ3n) is 4.96. The Hall–Kier alpha value is -3.12. The van der Waals surface area contributed by atoms with Crippen molar-refractivity contribution < 1.29 is 8.98 Å². The molecular weight excluding hydrogens is 308 g/mol. The summed E-state index contributed by atoms with van der Waals surface area (Å²) >= 11 is 0. The second-order valence-electron chi connectivity index (χ2n) is 6.67. The highest BCUT2D eigenvalue weighted by molar-refractivity contribution is 6.14. The van der Waals surface area contributed by atoms with Crippen LogP contribution in [0.2, 0.25) is 0 Å². The van der Waals surface area contributed by atoms with Crippen molar-refractivity contribution in [3.05, 3.63) is 64.8 Å². The number of nitrogens with zero attached hydrogens (tertiary/aromatic N) is 2. The molecule has 0 radical (unpaired) electrons. The third-order valence-corrected chi connectivity index (χ3v) is 4.96. The first-order chi connectivity index (χ1) is 12.0. The van der Waals surface area contributed by atoms with E-state index in [1.54, 1.807) is 0 Å². The van der Waals surface area contributed by atoms with Gasteiger partial charge in [-0.05, 0) is 44.0 Å². The molecule has 3 heteroatoms. The van der Waals surface area contributed by atoms with Crippen molar-refractivity contribution >= 4 is 21.9 Å². The smallest absolute Gasteiger partial charge is 0.213 e. The molecular formula is C22H19N2O+. The van der Waals surface area contributed by atoms with Gasteiger partial charge in [0.25, 0.3) is 0 Å². The Bertz CT molecular complexity index is 1190. The Morgan fingerprint density at radius 2 is 1.76 bits per heavy atom. The van der Waals surface area contributed by atoms with Gasteiger partial charge in [0.1, 0.15) is 18.7 Å². The summed E-state index contributed by atoms with van der Waals surface area (Å²) in [7, 11) is 2.06. The first-order valence-electron chi connectivity index (χ1n) is 8.33. The molecule has 0 N–H and O–H groups in total. The van der Waals surface area contributed by atoms with Gasteiger partial charge in [-0.2, -0.15) is 5.26 Å². The Morgan fingerprint density at radius 1 is 1.00 bits per heavy atom. The fourth-order valence-corrected chi connectivity index (χ4v) is 3.58. The number of pyridine rings is 1. The molecule has 0 saturated heterocycles. The zero-order chi connectivity index (χ0) is 17.7. The quantitative estimate of drug-likeness (QED) is 0.468. The first-order valence-corrected chi connectivity index (χ1v) is 8.33. The lowest BCUT2D eigenvalue weighted by Crippen LogP contribution is -2.31. The van der Waals surface area contributed by atoms with Crippen molar-refractivity contribution in [2.24, 2.45) is 7.05 Å². The molecule has 0 aliphatic carbocycles. The SMILES string of the molecule is Cc1cc(-c2c(C)cc(C#N)c3oc4ccccc4c23)[n+](C)cc1C. The highest BCUT2D eigenvalue weighted by atomic mass is 16.3. The third kappa shape index (κ3) is 2.22. The Morgan fingerprint density at radius 3 is 2.52 bits per heavy atom. The molecule has 0 aliphatic rings. The highest BCUT2D eigenvalue weighted by Gasteiger charge is 2.23. The molecule has 4 rings (SSSR count). The van der Waals surface area contributed by atoms with E-state index in [1.807, 2.05) is 24.3 Å². The summed E-state index contributed by atoms with van der Waals surface area (Å²) < 4.78 is 8.20. The largest absolute Gasteiger partial charge is 0.455 e. The van der Waals surface area contributed by atoms with Crippen LogP contribution in [0.4, 0.5) is 0 Å².